The molecule has 1 aromatic rings. The molecule has 0 saturated carbocycles. The number of nitrogens with two attached hydrogens (primary N) is 1. The van der Waals surface area contributed by atoms with Crippen LogP contribution in [0.2, 0.25) is 0 Å². The van der Waals surface area contributed by atoms with Crippen LogP contribution < -0.4 is 5.73 Å². The lowest BCUT2D eigenvalue weighted by Gasteiger charge is -2.38. The topological polar surface area (TPSA) is 66.6 Å². The van der Waals surface area contributed by atoms with Gasteiger partial charge < -0.3 is 5.73 Å². The van der Waals surface area contributed by atoms with Gasteiger partial charge in [0.2, 0.25) is 10.0 Å². The molecule has 5 nitrogen and oxygen atoms in total. The Balaban J connectivity index is 2.08. The van der Waals surface area contributed by atoms with Crippen LogP contribution in [0.3, 0.4) is 0 Å². The first-order chi connectivity index (χ1) is 9.98. The van der Waals surface area contributed by atoms with E-state index in [1.54, 1.807) is 22.5 Å². The number of aryl methyl sites for hydroxylation is 1. The molecule has 118 valence electrons. The van der Waals surface area contributed by atoms with Gasteiger partial charge >= 0.3 is 0 Å². The number of sulfonamides is 1. The molecule has 1 saturated heterocycles. The molecule has 2 rings (SSSR count). The lowest BCUT2D eigenvalue weighted by atomic mass is 10.1. The summed E-state index contributed by atoms with van der Waals surface area (Å²) < 4.78 is 26.9. The molecule has 1 unspecified atom stereocenters. The van der Waals surface area contributed by atoms with E-state index in [0.717, 1.165) is 25.1 Å². The van der Waals surface area contributed by atoms with Gasteiger partial charge in [-0.1, -0.05) is 19.1 Å². The van der Waals surface area contributed by atoms with Gasteiger partial charge in [-0.2, -0.15) is 4.31 Å². The maximum absolute atomic E-state index is 12.6. The van der Waals surface area contributed by atoms with Crippen molar-refractivity contribution in [1.29, 1.82) is 0 Å². The Morgan fingerprint density at radius 2 is 1.90 bits per heavy atom. The van der Waals surface area contributed by atoms with Crippen molar-refractivity contribution in [2.45, 2.75) is 31.2 Å². The van der Waals surface area contributed by atoms with Crippen molar-refractivity contribution < 1.29 is 8.42 Å². The summed E-state index contributed by atoms with van der Waals surface area (Å²) >= 11 is 0. The van der Waals surface area contributed by atoms with Crippen LogP contribution in [0.5, 0.6) is 0 Å². The van der Waals surface area contributed by atoms with E-state index in [4.69, 9.17) is 5.73 Å². The van der Waals surface area contributed by atoms with E-state index in [2.05, 4.69) is 11.8 Å². The molecule has 0 bridgehead atoms. The zero-order valence-corrected chi connectivity index (χ0v) is 13.6. The summed E-state index contributed by atoms with van der Waals surface area (Å²) in [6.07, 6.45) is 1.00. The van der Waals surface area contributed by atoms with Crippen molar-refractivity contribution in [3.05, 3.63) is 29.8 Å². The Morgan fingerprint density at radius 3 is 2.43 bits per heavy atom. The molecule has 1 heterocycles. The summed E-state index contributed by atoms with van der Waals surface area (Å²) in [5.41, 5.74) is 6.73. The molecule has 1 atom stereocenters. The minimum Gasteiger partial charge on any atom is -0.329 e. The average Bonchev–Trinajstić information content (AvgIpc) is 2.49. The molecule has 0 spiro atoms. The molecular weight excluding hydrogens is 286 g/mol. The quantitative estimate of drug-likeness (QED) is 0.882. The fourth-order valence-electron chi connectivity index (χ4n) is 2.81. The first kappa shape index (κ1) is 16.4. The van der Waals surface area contributed by atoms with Crippen LogP contribution in [0, 0.1) is 6.92 Å². The van der Waals surface area contributed by atoms with Crippen LogP contribution in [0.4, 0.5) is 0 Å². The number of nitrogens with zero attached hydrogens (tertiary/aromatic N) is 2. The highest BCUT2D eigenvalue weighted by Crippen LogP contribution is 2.19. The van der Waals surface area contributed by atoms with Crippen LogP contribution in [0.15, 0.2) is 29.2 Å². The fraction of sp³-hybridized carbons (Fsp3) is 0.600. The van der Waals surface area contributed by atoms with Crippen LogP contribution in [-0.2, 0) is 10.0 Å². The number of benzene rings is 1. The largest absolute Gasteiger partial charge is 0.329 e. The molecule has 6 heteroatoms. The highest BCUT2D eigenvalue weighted by atomic mass is 32.2. The maximum Gasteiger partial charge on any atom is 0.243 e. The molecule has 0 amide bonds. The van der Waals surface area contributed by atoms with Gasteiger partial charge in [-0.15, -0.1) is 0 Å². The Labute approximate surface area is 127 Å². The van der Waals surface area contributed by atoms with Gasteiger partial charge in [-0.3, -0.25) is 4.90 Å². The van der Waals surface area contributed by atoms with Gasteiger partial charge in [0.05, 0.1) is 4.90 Å². The molecule has 0 aromatic heterocycles. The average molecular weight is 311 g/mol. The van der Waals surface area contributed by atoms with Gasteiger partial charge in [0, 0.05) is 38.8 Å². The van der Waals surface area contributed by atoms with E-state index in [1.165, 1.54) is 0 Å². The predicted octanol–water partition coefficient (Wildman–Crippen LogP) is 1.04. The summed E-state index contributed by atoms with van der Waals surface area (Å²) in [5.74, 6) is 0. The first-order valence-electron chi connectivity index (χ1n) is 7.50. The summed E-state index contributed by atoms with van der Waals surface area (Å²) in [6, 6.07) is 7.46. The summed E-state index contributed by atoms with van der Waals surface area (Å²) in [5, 5.41) is 0. The molecule has 21 heavy (non-hydrogen) atoms. The van der Waals surface area contributed by atoms with E-state index in [1.807, 2.05) is 13.0 Å². The van der Waals surface area contributed by atoms with Crippen molar-refractivity contribution in [2.75, 3.05) is 32.7 Å². The van der Waals surface area contributed by atoms with E-state index in [0.29, 0.717) is 30.6 Å². The van der Waals surface area contributed by atoms with Crippen LogP contribution in [-0.4, -0.2) is 56.4 Å². The van der Waals surface area contributed by atoms with Crippen molar-refractivity contribution in [3.8, 4) is 0 Å². The summed E-state index contributed by atoms with van der Waals surface area (Å²) in [4.78, 5) is 2.68. The van der Waals surface area contributed by atoms with E-state index in [9.17, 15) is 8.42 Å². The lowest BCUT2D eigenvalue weighted by Crippen LogP contribution is -2.53. The highest BCUT2D eigenvalue weighted by Gasteiger charge is 2.30. The smallest absolute Gasteiger partial charge is 0.243 e. The normalized spacial score (nSPS) is 19.6. The number of hydrogen-bond donors (Lipinski definition) is 1. The summed E-state index contributed by atoms with van der Waals surface area (Å²) in [6.45, 7) is 7.22. The second kappa shape index (κ2) is 6.87. The van der Waals surface area contributed by atoms with Crippen molar-refractivity contribution in [2.24, 2.45) is 5.73 Å². The van der Waals surface area contributed by atoms with Crippen LogP contribution >= 0.6 is 0 Å². The molecule has 1 aliphatic heterocycles. The zero-order valence-electron chi connectivity index (χ0n) is 12.8. The van der Waals surface area contributed by atoms with Gasteiger partial charge in [-0.25, -0.2) is 8.42 Å². The molecule has 1 fully saturated rings. The number of piperazine rings is 1. The Bertz CT molecular complexity index is 562. The van der Waals surface area contributed by atoms with Gasteiger partial charge in [-0.05, 0) is 31.0 Å². The molecule has 2 N–H and O–H groups in total. The van der Waals surface area contributed by atoms with Crippen molar-refractivity contribution in [3.63, 3.8) is 0 Å². The van der Waals surface area contributed by atoms with E-state index in [-0.39, 0.29) is 0 Å². The molecule has 1 aliphatic rings. The van der Waals surface area contributed by atoms with Crippen molar-refractivity contribution in [1.82, 2.24) is 9.21 Å². The van der Waals surface area contributed by atoms with Gasteiger partial charge in [0.25, 0.3) is 0 Å². The standard InChI is InChI=1S/C15H25N3O2S/c1-3-14(12-16)17-7-9-18(10-8-17)21(19,20)15-6-4-5-13(2)11-15/h4-6,11,14H,3,7-10,12,16H2,1-2H3. The Kier molecular flexibility index (Phi) is 5.37. The highest BCUT2D eigenvalue weighted by molar-refractivity contribution is 7.89. The monoisotopic (exact) mass is 311 g/mol. The molecular formula is C15H25N3O2S. The van der Waals surface area contributed by atoms with Gasteiger partial charge in [0.15, 0.2) is 0 Å². The number of hydrogen-bond acceptors (Lipinski definition) is 4. The van der Waals surface area contributed by atoms with E-state index < -0.39 is 10.0 Å². The fourth-order valence-corrected chi connectivity index (χ4v) is 4.34. The Hall–Kier alpha value is -0.950. The van der Waals surface area contributed by atoms with Crippen LogP contribution in [0.1, 0.15) is 18.9 Å². The second-order valence-electron chi connectivity index (χ2n) is 5.55. The van der Waals surface area contributed by atoms with Crippen molar-refractivity contribution >= 4 is 10.0 Å². The maximum atomic E-state index is 12.6. The number of rotatable bonds is 5. The predicted molar refractivity (Wildman–Crippen MR) is 84.6 cm³/mol. The molecule has 0 aliphatic carbocycles. The molecule has 0 radical (unpaired) electrons. The first-order valence-corrected chi connectivity index (χ1v) is 8.94. The molecule has 1 aromatic carbocycles. The third kappa shape index (κ3) is 3.63. The third-order valence-electron chi connectivity index (χ3n) is 4.16. The minimum atomic E-state index is -3.37. The third-order valence-corrected chi connectivity index (χ3v) is 6.05. The van der Waals surface area contributed by atoms with E-state index >= 15 is 0 Å². The minimum absolute atomic E-state index is 0.355. The van der Waals surface area contributed by atoms with Crippen LogP contribution in [0.25, 0.3) is 0 Å². The second-order valence-corrected chi connectivity index (χ2v) is 7.49. The van der Waals surface area contributed by atoms with Gasteiger partial charge in [0.1, 0.15) is 0 Å². The zero-order chi connectivity index (χ0) is 15.5. The SMILES string of the molecule is CCC(CN)N1CCN(S(=O)(=O)c2cccc(C)c2)CC1. The Morgan fingerprint density at radius 1 is 1.24 bits per heavy atom. The summed E-state index contributed by atoms with van der Waals surface area (Å²) in [7, 11) is -3.37. The lowest BCUT2D eigenvalue weighted by molar-refractivity contribution is 0.137.